The van der Waals surface area contributed by atoms with Crippen LogP contribution in [0.4, 0.5) is 0 Å². The summed E-state index contributed by atoms with van der Waals surface area (Å²) in [6.45, 7) is 3.95. The predicted octanol–water partition coefficient (Wildman–Crippen LogP) is 1.73. The molecule has 0 fully saturated rings. The quantitative estimate of drug-likeness (QED) is 0.367. The summed E-state index contributed by atoms with van der Waals surface area (Å²) >= 11 is 0. The van der Waals surface area contributed by atoms with E-state index in [9.17, 15) is 0 Å². The molecular weight excluding hydrogens is 254 g/mol. The molecule has 0 aliphatic carbocycles. The maximum atomic E-state index is 7.29. The lowest BCUT2D eigenvalue weighted by atomic mass is 10.3. The molecule has 20 heavy (non-hydrogen) atoms. The minimum Gasteiger partial charge on any atom is -0.494 e. The van der Waals surface area contributed by atoms with Gasteiger partial charge < -0.3 is 20.1 Å². The zero-order chi connectivity index (χ0) is 14.6. The summed E-state index contributed by atoms with van der Waals surface area (Å²) in [4.78, 5) is 2.25. The van der Waals surface area contributed by atoms with Gasteiger partial charge in [-0.2, -0.15) is 0 Å². The van der Waals surface area contributed by atoms with Crippen LogP contribution >= 0.6 is 0 Å². The standard InChI is InChI=1S/C15H25N3O2/c1-19-13-11-18(10-8-15(16)17)9-5-12-20-14-6-3-2-4-7-14/h2-4,6-7H,5,8-13H2,1H3,(H3,16,17). The van der Waals surface area contributed by atoms with Crippen molar-refractivity contribution >= 4 is 5.84 Å². The molecule has 0 aromatic heterocycles. The normalized spacial score (nSPS) is 10.7. The smallest absolute Gasteiger partial charge is 0.119 e. The topological polar surface area (TPSA) is 71.6 Å². The van der Waals surface area contributed by atoms with Crippen molar-refractivity contribution in [2.24, 2.45) is 5.73 Å². The molecule has 0 aliphatic rings. The number of hydrogen-bond donors (Lipinski definition) is 2. The Hall–Kier alpha value is -1.59. The van der Waals surface area contributed by atoms with E-state index in [0.29, 0.717) is 19.6 Å². The Bertz CT molecular complexity index is 371. The number of methoxy groups -OCH3 is 1. The highest BCUT2D eigenvalue weighted by Crippen LogP contribution is 2.08. The lowest BCUT2D eigenvalue weighted by molar-refractivity contribution is 0.144. The van der Waals surface area contributed by atoms with Crippen molar-refractivity contribution in [3.63, 3.8) is 0 Å². The van der Waals surface area contributed by atoms with Gasteiger partial charge in [0.1, 0.15) is 5.75 Å². The fourth-order valence-electron chi connectivity index (χ4n) is 1.83. The number of nitrogens with one attached hydrogen (secondary N) is 1. The maximum Gasteiger partial charge on any atom is 0.119 e. The molecule has 0 spiro atoms. The molecule has 3 N–H and O–H groups in total. The van der Waals surface area contributed by atoms with Crippen molar-refractivity contribution in [2.45, 2.75) is 12.8 Å². The van der Waals surface area contributed by atoms with Crippen LogP contribution in [-0.4, -0.2) is 50.7 Å². The van der Waals surface area contributed by atoms with Crippen LogP contribution in [0.15, 0.2) is 30.3 Å². The zero-order valence-corrected chi connectivity index (χ0v) is 12.2. The van der Waals surface area contributed by atoms with Crippen LogP contribution in [0.5, 0.6) is 5.75 Å². The molecule has 0 amide bonds. The molecule has 0 atom stereocenters. The lowest BCUT2D eigenvalue weighted by Gasteiger charge is -2.21. The second-order valence-electron chi connectivity index (χ2n) is 4.62. The van der Waals surface area contributed by atoms with Crippen molar-refractivity contribution in [3.8, 4) is 5.75 Å². The van der Waals surface area contributed by atoms with Gasteiger partial charge in [-0.3, -0.25) is 5.41 Å². The molecule has 0 bridgehead atoms. The number of nitrogens with two attached hydrogens (primary N) is 1. The Kier molecular flexibility index (Phi) is 8.42. The summed E-state index contributed by atoms with van der Waals surface area (Å²) in [7, 11) is 1.70. The van der Waals surface area contributed by atoms with Gasteiger partial charge in [0.2, 0.25) is 0 Å². The molecule has 1 rings (SSSR count). The second kappa shape index (κ2) is 10.2. The van der Waals surface area contributed by atoms with E-state index in [1.807, 2.05) is 30.3 Å². The van der Waals surface area contributed by atoms with E-state index in [2.05, 4.69) is 4.90 Å². The summed E-state index contributed by atoms with van der Waals surface area (Å²) in [5, 5.41) is 7.29. The lowest BCUT2D eigenvalue weighted by Crippen LogP contribution is -2.32. The molecule has 0 heterocycles. The van der Waals surface area contributed by atoms with Crippen LogP contribution in [0.1, 0.15) is 12.8 Å². The molecular formula is C15H25N3O2. The Morgan fingerprint density at radius 3 is 2.55 bits per heavy atom. The van der Waals surface area contributed by atoms with Crippen molar-refractivity contribution in [1.29, 1.82) is 5.41 Å². The SMILES string of the molecule is COCCN(CCCOc1ccccc1)CCC(=N)N. The van der Waals surface area contributed by atoms with Crippen molar-refractivity contribution in [2.75, 3.05) is 40.0 Å². The molecule has 0 saturated carbocycles. The van der Waals surface area contributed by atoms with E-state index in [4.69, 9.17) is 20.6 Å². The van der Waals surface area contributed by atoms with Crippen LogP contribution < -0.4 is 10.5 Å². The van der Waals surface area contributed by atoms with Gasteiger partial charge in [0.25, 0.3) is 0 Å². The molecule has 112 valence electrons. The van der Waals surface area contributed by atoms with Gasteiger partial charge in [0, 0.05) is 33.2 Å². The van der Waals surface area contributed by atoms with Crippen LogP contribution in [0.2, 0.25) is 0 Å². The first-order valence-corrected chi connectivity index (χ1v) is 6.94. The van der Waals surface area contributed by atoms with Gasteiger partial charge in [-0.25, -0.2) is 0 Å². The van der Waals surface area contributed by atoms with E-state index < -0.39 is 0 Å². The third-order valence-corrected chi connectivity index (χ3v) is 2.94. The van der Waals surface area contributed by atoms with Gasteiger partial charge in [-0.1, -0.05) is 18.2 Å². The van der Waals surface area contributed by atoms with E-state index in [0.717, 1.165) is 31.8 Å². The first kappa shape index (κ1) is 16.5. The number of nitrogens with zero attached hydrogens (tertiary/aromatic N) is 1. The Balaban J connectivity index is 2.21. The van der Waals surface area contributed by atoms with E-state index in [1.165, 1.54) is 0 Å². The van der Waals surface area contributed by atoms with E-state index >= 15 is 0 Å². The summed E-state index contributed by atoms with van der Waals surface area (Å²) < 4.78 is 10.8. The Labute approximate surface area is 121 Å². The van der Waals surface area contributed by atoms with Crippen molar-refractivity contribution in [1.82, 2.24) is 4.90 Å². The number of benzene rings is 1. The van der Waals surface area contributed by atoms with Crippen LogP contribution in [-0.2, 0) is 4.74 Å². The summed E-state index contributed by atoms with van der Waals surface area (Å²) in [5.74, 6) is 1.13. The molecule has 5 nitrogen and oxygen atoms in total. The molecule has 0 radical (unpaired) electrons. The molecule has 1 aromatic rings. The highest BCUT2D eigenvalue weighted by molar-refractivity contribution is 5.76. The highest BCUT2D eigenvalue weighted by atomic mass is 16.5. The third-order valence-electron chi connectivity index (χ3n) is 2.94. The van der Waals surface area contributed by atoms with Gasteiger partial charge >= 0.3 is 0 Å². The molecule has 1 aromatic carbocycles. The first-order valence-electron chi connectivity index (χ1n) is 6.94. The summed E-state index contributed by atoms with van der Waals surface area (Å²) in [6, 6.07) is 9.82. The van der Waals surface area contributed by atoms with Gasteiger partial charge in [-0.05, 0) is 18.6 Å². The zero-order valence-electron chi connectivity index (χ0n) is 12.2. The fraction of sp³-hybridized carbons (Fsp3) is 0.533. The van der Waals surface area contributed by atoms with Crippen LogP contribution in [0.3, 0.4) is 0 Å². The Morgan fingerprint density at radius 1 is 1.15 bits per heavy atom. The van der Waals surface area contributed by atoms with Crippen molar-refractivity contribution < 1.29 is 9.47 Å². The second-order valence-corrected chi connectivity index (χ2v) is 4.62. The van der Waals surface area contributed by atoms with Crippen molar-refractivity contribution in [3.05, 3.63) is 30.3 Å². The number of ether oxygens (including phenoxy) is 2. The van der Waals surface area contributed by atoms with Crippen LogP contribution in [0, 0.1) is 5.41 Å². The largest absolute Gasteiger partial charge is 0.494 e. The average Bonchev–Trinajstić information content (AvgIpc) is 2.46. The highest BCUT2D eigenvalue weighted by Gasteiger charge is 2.05. The van der Waals surface area contributed by atoms with Crippen LogP contribution in [0.25, 0.3) is 0 Å². The minimum atomic E-state index is 0.230. The number of amidine groups is 1. The van der Waals surface area contributed by atoms with Gasteiger partial charge in [0.15, 0.2) is 0 Å². The third kappa shape index (κ3) is 7.76. The monoisotopic (exact) mass is 279 g/mol. The van der Waals surface area contributed by atoms with Gasteiger partial charge in [0.05, 0.1) is 19.0 Å². The van der Waals surface area contributed by atoms with Gasteiger partial charge in [-0.15, -0.1) is 0 Å². The molecule has 0 unspecified atom stereocenters. The number of hydrogen-bond acceptors (Lipinski definition) is 4. The molecule has 0 aliphatic heterocycles. The fourth-order valence-corrected chi connectivity index (χ4v) is 1.83. The predicted molar refractivity (Wildman–Crippen MR) is 81.4 cm³/mol. The first-order chi connectivity index (χ1) is 9.72. The number of para-hydroxylation sites is 1. The summed E-state index contributed by atoms with van der Waals surface area (Å²) in [6.07, 6.45) is 1.54. The molecule has 5 heteroatoms. The Morgan fingerprint density at radius 2 is 1.90 bits per heavy atom. The average molecular weight is 279 g/mol. The maximum absolute atomic E-state index is 7.29. The number of rotatable bonds is 11. The minimum absolute atomic E-state index is 0.230. The van der Waals surface area contributed by atoms with E-state index in [-0.39, 0.29) is 5.84 Å². The summed E-state index contributed by atoms with van der Waals surface area (Å²) in [5.41, 5.74) is 5.40. The molecule has 0 saturated heterocycles. The van der Waals surface area contributed by atoms with E-state index in [1.54, 1.807) is 7.11 Å².